The molecule has 0 saturated heterocycles. The van der Waals surface area contributed by atoms with Gasteiger partial charge in [-0.2, -0.15) is 5.26 Å². The third kappa shape index (κ3) is 3.57. The lowest BCUT2D eigenvalue weighted by molar-refractivity contribution is 0.0681. The molecule has 1 heterocycles. The van der Waals surface area contributed by atoms with Crippen LogP contribution in [-0.2, 0) is 16.0 Å². The molecule has 0 aliphatic carbocycles. The number of hydrogen-bond acceptors (Lipinski definition) is 3. The van der Waals surface area contributed by atoms with E-state index in [2.05, 4.69) is 16.8 Å². The average molecular weight is 258 g/mol. The Labute approximate surface area is 113 Å². The first-order valence-electron chi connectivity index (χ1n) is 6.41. The second-order valence-electron chi connectivity index (χ2n) is 4.35. The van der Waals surface area contributed by atoms with Crippen LogP contribution < -0.4 is 0 Å². The number of nitriles is 1. The zero-order valence-corrected chi connectivity index (χ0v) is 11.1. The van der Waals surface area contributed by atoms with E-state index >= 15 is 0 Å². The fourth-order valence-electron chi connectivity index (χ4n) is 2.05. The molecule has 1 aromatic heterocycles. The number of fused-ring (bicyclic) bond motifs is 1. The molecule has 2 rings (SSSR count). The first-order chi connectivity index (χ1) is 9.35. The molecule has 0 spiro atoms. The Morgan fingerprint density at radius 1 is 1.21 bits per heavy atom. The molecule has 19 heavy (non-hydrogen) atoms. The maximum atomic E-state index is 8.86. The summed E-state index contributed by atoms with van der Waals surface area (Å²) < 4.78 is 12.5. The van der Waals surface area contributed by atoms with Gasteiger partial charge in [-0.25, -0.2) is 0 Å². The minimum atomic E-state index is 0.642. The highest BCUT2D eigenvalue weighted by molar-refractivity contribution is 5.81. The van der Waals surface area contributed by atoms with Gasteiger partial charge in [0.05, 0.1) is 24.8 Å². The molecule has 0 saturated carbocycles. The molecule has 2 aromatic rings. The van der Waals surface area contributed by atoms with Crippen molar-refractivity contribution in [2.45, 2.75) is 13.0 Å². The summed E-state index contributed by atoms with van der Waals surface area (Å²) in [6.07, 6.45) is 3.02. The van der Waals surface area contributed by atoms with Gasteiger partial charge in [-0.3, -0.25) is 0 Å². The third-order valence-corrected chi connectivity index (χ3v) is 3.02. The fourth-order valence-corrected chi connectivity index (χ4v) is 2.05. The average Bonchev–Trinajstić information content (AvgIpc) is 2.85. The summed E-state index contributed by atoms with van der Waals surface area (Å²) >= 11 is 0. The van der Waals surface area contributed by atoms with E-state index in [1.54, 1.807) is 7.11 Å². The second kappa shape index (κ2) is 6.93. The fraction of sp³-hybridized carbons (Fsp3) is 0.400. The van der Waals surface area contributed by atoms with Crippen LogP contribution in [0, 0.1) is 11.3 Å². The van der Waals surface area contributed by atoms with Gasteiger partial charge >= 0.3 is 0 Å². The first-order valence-corrected chi connectivity index (χ1v) is 6.41. The Hall–Kier alpha value is -1.83. The van der Waals surface area contributed by atoms with Crippen LogP contribution in [0.1, 0.15) is 12.0 Å². The predicted octanol–water partition coefficient (Wildman–Crippen LogP) is 2.57. The summed E-state index contributed by atoms with van der Waals surface area (Å²) in [5, 5.41) is 9.98. The topological polar surface area (TPSA) is 47.2 Å². The largest absolute Gasteiger partial charge is 0.382 e. The van der Waals surface area contributed by atoms with Crippen molar-refractivity contribution < 1.29 is 9.47 Å². The minimum absolute atomic E-state index is 0.642. The standard InChI is InChI=1S/C15H18N2O2/c1-18-9-10-19-8-2-6-17-7-5-14-11-13(12-16)3-4-15(14)17/h3-5,7,11H,2,6,8-10H2,1H3. The van der Waals surface area contributed by atoms with Crippen LogP contribution in [0.3, 0.4) is 0 Å². The Morgan fingerprint density at radius 2 is 2.11 bits per heavy atom. The highest BCUT2D eigenvalue weighted by Gasteiger charge is 2.01. The van der Waals surface area contributed by atoms with E-state index in [1.165, 1.54) is 0 Å². The van der Waals surface area contributed by atoms with Crippen molar-refractivity contribution in [2.75, 3.05) is 26.9 Å². The molecule has 100 valence electrons. The van der Waals surface area contributed by atoms with Crippen LogP contribution in [0.2, 0.25) is 0 Å². The van der Waals surface area contributed by atoms with Gasteiger partial charge in [0.25, 0.3) is 0 Å². The second-order valence-corrected chi connectivity index (χ2v) is 4.35. The summed E-state index contributed by atoms with van der Waals surface area (Å²) in [5.41, 5.74) is 1.86. The number of ether oxygens (including phenoxy) is 2. The molecule has 4 nitrogen and oxygen atoms in total. The van der Waals surface area contributed by atoms with Gasteiger partial charge in [-0.1, -0.05) is 0 Å². The van der Waals surface area contributed by atoms with Gasteiger partial charge < -0.3 is 14.0 Å². The van der Waals surface area contributed by atoms with Crippen LogP contribution in [0.5, 0.6) is 0 Å². The van der Waals surface area contributed by atoms with Gasteiger partial charge in [-0.15, -0.1) is 0 Å². The summed E-state index contributed by atoms with van der Waals surface area (Å²) in [7, 11) is 1.67. The number of aryl methyl sites for hydroxylation is 1. The van der Waals surface area contributed by atoms with E-state index in [-0.39, 0.29) is 0 Å². The lowest BCUT2D eigenvalue weighted by Crippen LogP contribution is -2.05. The smallest absolute Gasteiger partial charge is 0.0991 e. The maximum Gasteiger partial charge on any atom is 0.0991 e. The van der Waals surface area contributed by atoms with E-state index < -0.39 is 0 Å². The summed E-state index contributed by atoms with van der Waals surface area (Å²) in [6.45, 7) is 2.94. The number of hydrogen-bond donors (Lipinski definition) is 0. The zero-order chi connectivity index (χ0) is 13.5. The van der Waals surface area contributed by atoms with E-state index in [0.29, 0.717) is 18.8 Å². The first kappa shape index (κ1) is 13.6. The highest BCUT2D eigenvalue weighted by Crippen LogP contribution is 2.17. The Balaban J connectivity index is 1.89. The summed E-state index contributed by atoms with van der Waals surface area (Å²) in [5.74, 6) is 0. The van der Waals surface area contributed by atoms with Crippen molar-refractivity contribution in [3.8, 4) is 6.07 Å². The van der Waals surface area contributed by atoms with Crippen molar-refractivity contribution >= 4 is 10.9 Å². The van der Waals surface area contributed by atoms with Crippen molar-refractivity contribution in [3.05, 3.63) is 36.0 Å². The molecule has 0 aliphatic heterocycles. The number of aromatic nitrogens is 1. The number of methoxy groups -OCH3 is 1. The Morgan fingerprint density at radius 3 is 2.89 bits per heavy atom. The molecule has 0 atom stereocenters. The monoisotopic (exact) mass is 258 g/mol. The molecule has 1 aromatic carbocycles. The minimum Gasteiger partial charge on any atom is -0.382 e. The van der Waals surface area contributed by atoms with Crippen LogP contribution >= 0.6 is 0 Å². The summed E-state index contributed by atoms with van der Waals surface area (Å²) in [4.78, 5) is 0. The summed E-state index contributed by atoms with van der Waals surface area (Å²) in [6, 6.07) is 9.98. The molecule has 0 amide bonds. The molecule has 4 heteroatoms. The van der Waals surface area contributed by atoms with Crippen molar-refractivity contribution in [1.82, 2.24) is 4.57 Å². The van der Waals surface area contributed by atoms with Gasteiger partial charge in [0.2, 0.25) is 0 Å². The number of rotatable bonds is 7. The molecular formula is C15H18N2O2. The molecular weight excluding hydrogens is 240 g/mol. The molecule has 0 unspecified atom stereocenters. The zero-order valence-electron chi connectivity index (χ0n) is 11.1. The van der Waals surface area contributed by atoms with E-state index in [4.69, 9.17) is 14.7 Å². The quantitative estimate of drug-likeness (QED) is 0.717. The lowest BCUT2D eigenvalue weighted by atomic mass is 10.2. The van der Waals surface area contributed by atoms with E-state index in [0.717, 1.165) is 30.5 Å². The molecule has 0 aliphatic rings. The Bertz CT molecular complexity index is 569. The lowest BCUT2D eigenvalue weighted by Gasteiger charge is -2.06. The van der Waals surface area contributed by atoms with Crippen LogP contribution in [0.4, 0.5) is 0 Å². The Kier molecular flexibility index (Phi) is 4.96. The van der Waals surface area contributed by atoms with Crippen LogP contribution in [0.25, 0.3) is 10.9 Å². The van der Waals surface area contributed by atoms with Crippen molar-refractivity contribution in [2.24, 2.45) is 0 Å². The van der Waals surface area contributed by atoms with E-state index in [9.17, 15) is 0 Å². The van der Waals surface area contributed by atoms with Gasteiger partial charge in [-0.05, 0) is 30.7 Å². The van der Waals surface area contributed by atoms with Gasteiger partial charge in [0.15, 0.2) is 0 Å². The van der Waals surface area contributed by atoms with Crippen LogP contribution in [-0.4, -0.2) is 31.5 Å². The SMILES string of the molecule is COCCOCCCn1ccc2cc(C#N)ccc21. The predicted molar refractivity (Wildman–Crippen MR) is 74.0 cm³/mol. The van der Waals surface area contributed by atoms with Crippen molar-refractivity contribution in [3.63, 3.8) is 0 Å². The van der Waals surface area contributed by atoms with Gasteiger partial charge in [0.1, 0.15) is 0 Å². The molecule has 0 radical (unpaired) electrons. The molecule has 0 fully saturated rings. The van der Waals surface area contributed by atoms with E-state index in [1.807, 2.05) is 24.3 Å². The van der Waals surface area contributed by atoms with Crippen molar-refractivity contribution in [1.29, 1.82) is 5.26 Å². The molecule has 0 bridgehead atoms. The van der Waals surface area contributed by atoms with Crippen LogP contribution in [0.15, 0.2) is 30.5 Å². The maximum absolute atomic E-state index is 8.86. The normalized spacial score (nSPS) is 10.7. The number of benzene rings is 1. The third-order valence-electron chi connectivity index (χ3n) is 3.02. The molecule has 0 N–H and O–H groups in total. The highest BCUT2D eigenvalue weighted by atomic mass is 16.5. The van der Waals surface area contributed by atoms with Gasteiger partial charge in [0, 0.05) is 37.4 Å². The number of nitrogens with zero attached hydrogens (tertiary/aromatic N) is 2.